The summed E-state index contributed by atoms with van der Waals surface area (Å²) in [5, 5.41) is 0. The number of aromatic amines is 1. The van der Waals surface area contributed by atoms with Gasteiger partial charge in [-0.25, -0.2) is 21.8 Å². The number of fused-ring (bicyclic) bond motifs is 1. The number of sulfonamides is 1. The van der Waals surface area contributed by atoms with Crippen molar-refractivity contribution in [3.63, 3.8) is 0 Å². The second-order valence-electron chi connectivity index (χ2n) is 7.01. The molecule has 0 bridgehead atoms. The number of hydrogen-bond acceptors (Lipinski definition) is 6. The predicted molar refractivity (Wildman–Crippen MR) is 95.4 cm³/mol. The first kappa shape index (κ1) is 18.8. The molecule has 0 radical (unpaired) electrons. The molecule has 0 aliphatic carbocycles. The van der Waals surface area contributed by atoms with Gasteiger partial charge in [0.15, 0.2) is 9.84 Å². The van der Waals surface area contributed by atoms with Gasteiger partial charge in [0.05, 0.1) is 23.8 Å². The van der Waals surface area contributed by atoms with E-state index in [1.807, 2.05) is 0 Å². The molecule has 1 aromatic heterocycles. The van der Waals surface area contributed by atoms with Gasteiger partial charge in [0, 0.05) is 44.0 Å². The van der Waals surface area contributed by atoms with Crippen LogP contribution in [0, 0.1) is 0 Å². The first-order chi connectivity index (χ1) is 11.7. The molecule has 2 saturated heterocycles. The molecule has 0 aromatic carbocycles. The molecule has 10 heteroatoms. The van der Waals surface area contributed by atoms with Crippen molar-refractivity contribution in [2.75, 3.05) is 30.9 Å². The van der Waals surface area contributed by atoms with E-state index in [0.717, 1.165) is 37.0 Å². The van der Waals surface area contributed by atoms with Crippen LogP contribution in [0.5, 0.6) is 0 Å². The molecule has 1 N–H and O–H groups in total. The second-order valence-corrected chi connectivity index (χ2v) is 11.1. The third kappa shape index (κ3) is 4.24. The third-order valence-corrected chi connectivity index (χ3v) is 7.99. The lowest BCUT2D eigenvalue weighted by molar-refractivity contribution is 0.0885. The average molecular weight is 391 g/mol. The highest BCUT2D eigenvalue weighted by Crippen LogP contribution is 2.29. The van der Waals surface area contributed by atoms with Crippen LogP contribution in [0.3, 0.4) is 0 Å². The van der Waals surface area contributed by atoms with E-state index in [-0.39, 0.29) is 17.5 Å². The monoisotopic (exact) mass is 390 g/mol. The summed E-state index contributed by atoms with van der Waals surface area (Å²) in [6.07, 6.45) is 6.03. The van der Waals surface area contributed by atoms with E-state index < -0.39 is 25.9 Å². The summed E-state index contributed by atoms with van der Waals surface area (Å²) in [5.41, 5.74) is 0.946. The minimum absolute atomic E-state index is 0.0144. The Morgan fingerprint density at radius 2 is 2.00 bits per heavy atom. The molecule has 25 heavy (non-hydrogen) atoms. The summed E-state index contributed by atoms with van der Waals surface area (Å²) in [4.78, 5) is 9.76. The van der Waals surface area contributed by atoms with Gasteiger partial charge in [0.25, 0.3) is 0 Å². The predicted octanol–water partition coefficient (Wildman–Crippen LogP) is -0.00490. The van der Waals surface area contributed by atoms with Gasteiger partial charge in [-0.1, -0.05) is 13.3 Å². The molecule has 0 saturated carbocycles. The summed E-state index contributed by atoms with van der Waals surface area (Å²) in [6, 6.07) is -0.785. The maximum absolute atomic E-state index is 12.1. The van der Waals surface area contributed by atoms with Crippen LogP contribution >= 0.6 is 0 Å². The molecule has 3 heterocycles. The van der Waals surface area contributed by atoms with Gasteiger partial charge in [-0.3, -0.25) is 4.90 Å². The first-order valence-electron chi connectivity index (χ1n) is 8.63. The number of rotatable bonds is 6. The van der Waals surface area contributed by atoms with Gasteiger partial charge < -0.3 is 4.98 Å². The SMILES string of the molecule is CCCCc1ncc(CN2CCN(S(C)(=O)=O)[C@H]3CS(=O)(=O)C[C@H]32)[nH]1. The quantitative estimate of drug-likeness (QED) is 0.733. The molecule has 2 fully saturated rings. The maximum Gasteiger partial charge on any atom is 0.211 e. The van der Waals surface area contributed by atoms with Gasteiger partial charge in [0.2, 0.25) is 10.0 Å². The Hall–Kier alpha value is -0.970. The number of piperazine rings is 1. The fourth-order valence-electron chi connectivity index (χ4n) is 3.78. The largest absolute Gasteiger partial charge is 0.345 e. The lowest BCUT2D eigenvalue weighted by atomic mass is 10.1. The number of aromatic nitrogens is 2. The van der Waals surface area contributed by atoms with Gasteiger partial charge in [0.1, 0.15) is 5.82 Å². The summed E-state index contributed by atoms with van der Waals surface area (Å²) in [6.45, 7) is 3.54. The standard InChI is InChI=1S/C15H26N4O4S2/c1-3-4-5-15-16-8-12(17-15)9-18-6-7-19(24(2,20)21)14-11-25(22,23)10-13(14)18/h8,13-14H,3-7,9-11H2,1-2H3,(H,16,17)/t13-,14+/m1/s1. The molecule has 0 unspecified atom stereocenters. The number of hydrogen-bond donors (Lipinski definition) is 1. The maximum atomic E-state index is 12.1. The molecule has 2 aliphatic rings. The van der Waals surface area contributed by atoms with Gasteiger partial charge in [-0.05, 0) is 6.42 Å². The first-order valence-corrected chi connectivity index (χ1v) is 12.3. The minimum Gasteiger partial charge on any atom is -0.345 e. The van der Waals surface area contributed by atoms with Crippen LogP contribution in [0.2, 0.25) is 0 Å². The highest BCUT2D eigenvalue weighted by Gasteiger charge is 2.49. The normalized spacial score (nSPS) is 27.4. The van der Waals surface area contributed by atoms with Crippen LogP contribution in [0.1, 0.15) is 31.3 Å². The zero-order valence-corrected chi connectivity index (χ0v) is 16.3. The van der Waals surface area contributed by atoms with E-state index in [0.29, 0.717) is 19.6 Å². The minimum atomic E-state index is -3.41. The Balaban J connectivity index is 1.76. The number of nitrogens with zero attached hydrogens (tertiary/aromatic N) is 3. The molecule has 2 atom stereocenters. The van der Waals surface area contributed by atoms with E-state index >= 15 is 0 Å². The molecular weight excluding hydrogens is 364 g/mol. The number of H-pyrrole nitrogens is 1. The topological polar surface area (TPSA) is 103 Å². The van der Waals surface area contributed by atoms with Crippen LogP contribution in [0.4, 0.5) is 0 Å². The molecule has 2 aliphatic heterocycles. The number of nitrogens with one attached hydrogen (secondary N) is 1. The number of imidazole rings is 1. The van der Waals surface area contributed by atoms with Gasteiger partial charge in [-0.15, -0.1) is 0 Å². The van der Waals surface area contributed by atoms with E-state index in [1.165, 1.54) is 4.31 Å². The van der Waals surface area contributed by atoms with Crippen LogP contribution < -0.4 is 0 Å². The van der Waals surface area contributed by atoms with Crippen molar-refractivity contribution in [3.8, 4) is 0 Å². The van der Waals surface area contributed by atoms with Gasteiger partial charge >= 0.3 is 0 Å². The molecule has 1 aromatic rings. The van der Waals surface area contributed by atoms with E-state index in [4.69, 9.17) is 0 Å². The summed E-state index contributed by atoms with van der Waals surface area (Å²) >= 11 is 0. The Labute approximate surface area is 149 Å². The number of unbranched alkanes of at least 4 members (excludes halogenated alkanes) is 1. The lowest BCUT2D eigenvalue weighted by Gasteiger charge is -2.42. The third-order valence-electron chi connectivity index (χ3n) is 4.99. The molecule has 142 valence electrons. The van der Waals surface area contributed by atoms with Crippen LogP contribution in [0.15, 0.2) is 6.20 Å². The van der Waals surface area contributed by atoms with E-state index in [2.05, 4.69) is 21.8 Å². The second kappa shape index (κ2) is 6.98. The molecule has 8 nitrogen and oxygen atoms in total. The van der Waals surface area contributed by atoms with E-state index in [1.54, 1.807) is 6.20 Å². The van der Waals surface area contributed by atoms with Crippen molar-refractivity contribution < 1.29 is 16.8 Å². The summed E-state index contributed by atoms with van der Waals surface area (Å²) in [5.74, 6) is 0.870. The highest BCUT2D eigenvalue weighted by atomic mass is 32.2. The smallest absolute Gasteiger partial charge is 0.211 e. The highest BCUT2D eigenvalue weighted by molar-refractivity contribution is 7.92. The van der Waals surface area contributed by atoms with Crippen molar-refractivity contribution in [1.82, 2.24) is 19.2 Å². The van der Waals surface area contributed by atoms with E-state index in [9.17, 15) is 16.8 Å². The fourth-order valence-corrected chi connectivity index (χ4v) is 7.00. The van der Waals surface area contributed by atoms with Crippen molar-refractivity contribution >= 4 is 19.9 Å². The molecule has 0 spiro atoms. The zero-order chi connectivity index (χ0) is 18.2. The summed E-state index contributed by atoms with van der Waals surface area (Å²) < 4.78 is 49.6. The number of sulfone groups is 1. The van der Waals surface area contributed by atoms with Crippen molar-refractivity contribution in [3.05, 3.63) is 17.7 Å². The van der Waals surface area contributed by atoms with Gasteiger partial charge in [-0.2, -0.15) is 4.31 Å². The number of aryl methyl sites for hydroxylation is 1. The Kier molecular flexibility index (Phi) is 5.25. The van der Waals surface area contributed by atoms with Crippen molar-refractivity contribution in [1.29, 1.82) is 0 Å². The lowest BCUT2D eigenvalue weighted by Crippen LogP contribution is -2.59. The van der Waals surface area contributed by atoms with Crippen LogP contribution in [-0.4, -0.2) is 78.9 Å². The molecular formula is C15H26N4O4S2. The zero-order valence-electron chi connectivity index (χ0n) is 14.7. The van der Waals surface area contributed by atoms with Crippen LogP contribution in [-0.2, 0) is 32.8 Å². The Morgan fingerprint density at radius 1 is 1.28 bits per heavy atom. The fraction of sp³-hybridized carbons (Fsp3) is 0.800. The molecule has 0 amide bonds. The average Bonchev–Trinajstić information content (AvgIpc) is 3.07. The molecule has 3 rings (SSSR count). The van der Waals surface area contributed by atoms with Crippen molar-refractivity contribution in [2.24, 2.45) is 0 Å². The summed E-state index contributed by atoms with van der Waals surface area (Å²) in [7, 11) is -6.64. The Bertz CT molecular complexity index is 818. The Morgan fingerprint density at radius 3 is 2.68 bits per heavy atom. The van der Waals surface area contributed by atoms with Crippen molar-refractivity contribution in [2.45, 2.75) is 44.8 Å². The van der Waals surface area contributed by atoms with Crippen LogP contribution in [0.25, 0.3) is 0 Å².